The van der Waals surface area contributed by atoms with Gasteiger partial charge in [0.2, 0.25) is 0 Å². The maximum atomic E-state index is 13.4. The predicted molar refractivity (Wildman–Crippen MR) is 72.1 cm³/mol. The summed E-state index contributed by atoms with van der Waals surface area (Å²) in [6.45, 7) is 3.81. The van der Waals surface area contributed by atoms with Crippen LogP contribution in [-0.4, -0.2) is 24.5 Å². The molecule has 1 aliphatic heterocycles. The molecule has 1 aromatic rings. The third kappa shape index (κ3) is 2.90. The Hall–Kier alpha value is -0.940. The van der Waals surface area contributed by atoms with E-state index in [9.17, 15) is 9.18 Å². The summed E-state index contributed by atoms with van der Waals surface area (Å²) in [6, 6.07) is 4.49. The van der Waals surface area contributed by atoms with Gasteiger partial charge in [-0.05, 0) is 60.9 Å². The number of amides is 1. The molecule has 0 aliphatic carbocycles. The smallest absolute Gasteiger partial charge is 0.252 e. The van der Waals surface area contributed by atoms with Crippen molar-refractivity contribution < 1.29 is 9.18 Å². The van der Waals surface area contributed by atoms with Crippen molar-refractivity contribution in [3.63, 3.8) is 0 Å². The first-order chi connectivity index (χ1) is 8.52. The number of piperidine rings is 1. The summed E-state index contributed by atoms with van der Waals surface area (Å²) >= 11 is 3.12. The minimum atomic E-state index is -0.418. The van der Waals surface area contributed by atoms with Gasteiger partial charge in [-0.15, -0.1) is 0 Å². The second-order valence-corrected chi connectivity index (χ2v) is 5.66. The topological polar surface area (TPSA) is 41.1 Å². The largest absolute Gasteiger partial charge is 0.347 e. The van der Waals surface area contributed by atoms with Gasteiger partial charge in [-0.25, -0.2) is 4.39 Å². The zero-order valence-electron chi connectivity index (χ0n) is 10.2. The van der Waals surface area contributed by atoms with E-state index in [0.29, 0.717) is 5.56 Å². The maximum Gasteiger partial charge on any atom is 0.252 e. The highest BCUT2D eigenvalue weighted by Gasteiger charge is 2.29. The summed E-state index contributed by atoms with van der Waals surface area (Å²) in [7, 11) is 0. The van der Waals surface area contributed by atoms with E-state index in [4.69, 9.17) is 0 Å². The van der Waals surface area contributed by atoms with Gasteiger partial charge in [0.1, 0.15) is 5.82 Å². The lowest BCUT2D eigenvalue weighted by Gasteiger charge is -2.35. The standard InChI is InChI=1S/C13H16BrFN2O/c1-13(5-7-16-8-6-13)17-12(18)9-3-2-4-10(15)11(9)14/h2-4,16H,5-8H2,1H3,(H,17,18). The third-order valence-corrected chi connectivity index (χ3v) is 4.12. The van der Waals surface area contributed by atoms with Crippen LogP contribution in [0.3, 0.4) is 0 Å². The summed E-state index contributed by atoms with van der Waals surface area (Å²) in [5.74, 6) is -0.649. The molecule has 2 rings (SSSR count). The number of nitrogens with one attached hydrogen (secondary N) is 2. The molecule has 0 radical (unpaired) electrons. The molecule has 0 aromatic heterocycles. The lowest BCUT2D eigenvalue weighted by molar-refractivity contribution is 0.0886. The van der Waals surface area contributed by atoms with Crippen LogP contribution in [0.25, 0.3) is 0 Å². The molecule has 1 heterocycles. The molecule has 1 saturated heterocycles. The molecule has 1 fully saturated rings. The van der Waals surface area contributed by atoms with Crippen molar-refractivity contribution in [2.24, 2.45) is 0 Å². The Balaban J connectivity index is 2.14. The average Bonchev–Trinajstić information content (AvgIpc) is 2.33. The van der Waals surface area contributed by atoms with Crippen molar-refractivity contribution in [1.82, 2.24) is 10.6 Å². The van der Waals surface area contributed by atoms with Gasteiger partial charge in [-0.1, -0.05) is 6.07 Å². The quantitative estimate of drug-likeness (QED) is 0.880. The van der Waals surface area contributed by atoms with Gasteiger partial charge in [-0.3, -0.25) is 4.79 Å². The molecule has 0 bridgehead atoms. The van der Waals surface area contributed by atoms with Crippen LogP contribution in [0.2, 0.25) is 0 Å². The van der Waals surface area contributed by atoms with Crippen LogP contribution in [0.5, 0.6) is 0 Å². The first kappa shape index (κ1) is 13.5. The molecule has 1 amide bonds. The summed E-state index contributed by atoms with van der Waals surface area (Å²) in [5, 5.41) is 6.26. The molecule has 0 unspecified atom stereocenters. The molecule has 1 aromatic carbocycles. The van der Waals surface area contributed by atoms with Crippen molar-refractivity contribution in [2.45, 2.75) is 25.3 Å². The fraction of sp³-hybridized carbons (Fsp3) is 0.462. The monoisotopic (exact) mass is 314 g/mol. The van der Waals surface area contributed by atoms with Crippen LogP contribution in [-0.2, 0) is 0 Å². The van der Waals surface area contributed by atoms with Crippen molar-refractivity contribution in [3.8, 4) is 0 Å². The van der Waals surface area contributed by atoms with E-state index in [1.807, 2.05) is 6.92 Å². The Morgan fingerprint density at radius 2 is 2.11 bits per heavy atom. The van der Waals surface area contributed by atoms with Gasteiger partial charge in [0.15, 0.2) is 0 Å². The number of carbonyl (C=O) groups is 1. The fourth-order valence-electron chi connectivity index (χ4n) is 2.12. The minimum Gasteiger partial charge on any atom is -0.347 e. The molecule has 1 aliphatic rings. The third-order valence-electron chi connectivity index (χ3n) is 3.32. The molecular weight excluding hydrogens is 299 g/mol. The van der Waals surface area contributed by atoms with Crippen molar-refractivity contribution in [3.05, 3.63) is 34.1 Å². The number of hydrogen-bond acceptors (Lipinski definition) is 2. The lowest BCUT2D eigenvalue weighted by atomic mass is 9.90. The highest BCUT2D eigenvalue weighted by atomic mass is 79.9. The van der Waals surface area contributed by atoms with Crippen LogP contribution in [0.15, 0.2) is 22.7 Å². The molecular formula is C13H16BrFN2O. The SMILES string of the molecule is CC1(NC(=O)c2cccc(F)c2Br)CCNCC1. The first-order valence-electron chi connectivity index (χ1n) is 5.99. The molecule has 98 valence electrons. The lowest BCUT2D eigenvalue weighted by Crippen LogP contribution is -2.52. The highest BCUT2D eigenvalue weighted by Crippen LogP contribution is 2.23. The van der Waals surface area contributed by atoms with Gasteiger partial charge in [0.05, 0.1) is 10.0 Å². The van der Waals surface area contributed by atoms with Crippen LogP contribution < -0.4 is 10.6 Å². The molecule has 2 N–H and O–H groups in total. The Bertz CT molecular complexity index is 458. The van der Waals surface area contributed by atoms with E-state index in [1.54, 1.807) is 12.1 Å². The summed E-state index contributed by atoms with van der Waals surface area (Å²) in [4.78, 5) is 12.2. The Morgan fingerprint density at radius 1 is 1.44 bits per heavy atom. The maximum absolute atomic E-state index is 13.4. The van der Waals surface area contributed by atoms with Crippen molar-refractivity contribution in [1.29, 1.82) is 0 Å². The normalized spacial score (nSPS) is 18.4. The molecule has 0 saturated carbocycles. The van der Waals surface area contributed by atoms with Crippen molar-refractivity contribution in [2.75, 3.05) is 13.1 Å². The zero-order valence-corrected chi connectivity index (χ0v) is 11.8. The second-order valence-electron chi connectivity index (χ2n) is 4.87. The summed E-state index contributed by atoms with van der Waals surface area (Å²) < 4.78 is 13.6. The van der Waals surface area contributed by atoms with E-state index in [0.717, 1.165) is 25.9 Å². The molecule has 18 heavy (non-hydrogen) atoms. The van der Waals surface area contributed by atoms with Crippen LogP contribution in [0.1, 0.15) is 30.1 Å². The number of carbonyl (C=O) groups excluding carboxylic acids is 1. The van der Waals surface area contributed by atoms with E-state index >= 15 is 0 Å². The van der Waals surface area contributed by atoms with Gasteiger partial charge in [0, 0.05) is 5.54 Å². The summed E-state index contributed by atoms with van der Waals surface area (Å²) in [6.07, 6.45) is 1.76. The molecule has 0 atom stereocenters. The first-order valence-corrected chi connectivity index (χ1v) is 6.78. The minimum absolute atomic E-state index is 0.214. The van der Waals surface area contributed by atoms with Gasteiger partial charge >= 0.3 is 0 Å². The predicted octanol–water partition coefficient (Wildman–Crippen LogP) is 2.46. The van der Waals surface area contributed by atoms with Crippen LogP contribution >= 0.6 is 15.9 Å². The number of rotatable bonds is 2. The Kier molecular flexibility index (Phi) is 4.02. The highest BCUT2D eigenvalue weighted by molar-refractivity contribution is 9.10. The van der Waals surface area contributed by atoms with Gasteiger partial charge in [-0.2, -0.15) is 0 Å². The van der Waals surface area contributed by atoms with Gasteiger partial charge in [0.25, 0.3) is 5.91 Å². The van der Waals surface area contributed by atoms with E-state index in [1.165, 1.54) is 6.07 Å². The molecule has 3 nitrogen and oxygen atoms in total. The fourth-order valence-corrected chi connectivity index (χ4v) is 2.57. The molecule has 5 heteroatoms. The number of benzene rings is 1. The molecule has 0 spiro atoms. The van der Waals surface area contributed by atoms with Crippen molar-refractivity contribution >= 4 is 21.8 Å². The van der Waals surface area contributed by atoms with E-state index < -0.39 is 5.82 Å². The van der Waals surface area contributed by atoms with E-state index in [2.05, 4.69) is 26.6 Å². The Morgan fingerprint density at radius 3 is 2.78 bits per heavy atom. The second kappa shape index (κ2) is 5.36. The average molecular weight is 315 g/mol. The van der Waals surface area contributed by atoms with Crippen LogP contribution in [0.4, 0.5) is 4.39 Å². The number of hydrogen-bond donors (Lipinski definition) is 2. The summed E-state index contributed by atoms with van der Waals surface area (Å²) in [5.41, 5.74) is 0.128. The van der Waals surface area contributed by atoms with Crippen LogP contribution in [0, 0.1) is 5.82 Å². The zero-order chi connectivity index (χ0) is 13.2. The van der Waals surface area contributed by atoms with Gasteiger partial charge < -0.3 is 10.6 Å². The van der Waals surface area contributed by atoms with E-state index in [-0.39, 0.29) is 15.9 Å². The Labute approximate surface area is 114 Å². The number of halogens is 2.